The number of aromatic nitrogens is 1. The molecule has 152 valence electrons. The molecule has 0 spiro atoms. The van der Waals surface area contributed by atoms with Crippen molar-refractivity contribution in [2.75, 3.05) is 21.3 Å². The summed E-state index contributed by atoms with van der Waals surface area (Å²) in [5.74, 6) is 1.88. The Morgan fingerprint density at radius 2 is 1.86 bits per heavy atom. The van der Waals surface area contributed by atoms with Gasteiger partial charge in [-0.1, -0.05) is 29.8 Å². The predicted octanol–water partition coefficient (Wildman–Crippen LogP) is 4.32. The molecule has 7 heteroatoms. The topological polar surface area (TPSA) is 60.9 Å². The fourth-order valence-electron chi connectivity index (χ4n) is 2.86. The molecule has 0 fully saturated rings. The number of hydrogen-bond acceptors (Lipinski definition) is 6. The van der Waals surface area contributed by atoms with Crippen LogP contribution in [0.25, 0.3) is 0 Å². The van der Waals surface area contributed by atoms with Gasteiger partial charge in [-0.2, -0.15) is 0 Å². The maximum absolute atomic E-state index is 12.8. The first-order chi connectivity index (χ1) is 14.0. The quantitative estimate of drug-likeness (QED) is 0.551. The number of carbonyl (C=O) groups is 1. The van der Waals surface area contributed by atoms with E-state index in [1.807, 2.05) is 49.4 Å². The van der Waals surface area contributed by atoms with Gasteiger partial charge < -0.3 is 19.1 Å². The molecular weight excluding hydrogens is 388 g/mol. The van der Waals surface area contributed by atoms with E-state index in [4.69, 9.17) is 14.2 Å². The Morgan fingerprint density at radius 3 is 2.55 bits per heavy atom. The van der Waals surface area contributed by atoms with Crippen LogP contribution in [0.5, 0.6) is 17.2 Å². The van der Waals surface area contributed by atoms with E-state index in [1.165, 1.54) is 16.9 Å². The molecule has 0 atom stereocenters. The van der Waals surface area contributed by atoms with Gasteiger partial charge in [0.2, 0.25) is 0 Å². The molecule has 0 unspecified atom stereocenters. The second-order valence-electron chi connectivity index (χ2n) is 6.54. The zero-order chi connectivity index (χ0) is 20.8. The number of carbonyl (C=O) groups excluding carboxylic acids is 1. The van der Waals surface area contributed by atoms with Gasteiger partial charge in [0.25, 0.3) is 5.91 Å². The number of ether oxygens (including phenoxy) is 3. The van der Waals surface area contributed by atoms with Crippen molar-refractivity contribution in [3.05, 3.63) is 69.7 Å². The first-order valence-corrected chi connectivity index (χ1v) is 9.99. The second-order valence-corrected chi connectivity index (χ2v) is 7.48. The molecule has 0 saturated carbocycles. The highest BCUT2D eigenvalue weighted by molar-refractivity contribution is 7.09. The Labute approximate surface area is 174 Å². The third-order valence-electron chi connectivity index (χ3n) is 4.39. The molecule has 0 saturated heterocycles. The lowest BCUT2D eigenvalue weighted by molar-refractivity contribution is 0.0778. The van der Waals surface area contributed by atoms with Gasteiger partial charge in [-0.15, -0.1) is 11.3 Å². The van der Waals surface area contributed by atoms with Crippen molar-refractivity contribution in [1.29, 1.82) is 0 Å². The summed E-state index contributed by atoms with van der Waals surface area (Å²) < 4.78 is 16.5. The van der Waals surface area contributed by atoms with Crippen molar-refractivity contribution in [3.63, 3.8) is 0 Å². The summed E-state index contributed by atoms with van der Waals surface area (Å²) in [5.41, 5.74) is 2.44. The number of amides is 1. The van der Waals surface area contributed by atoms with Crippen molar-refractivity contribution < 1.29 is 19.0 Å². The number of benzene rings is 2. The third kappa shape index (κ3) is 5.06. The Balaban J connectivity index is 1.64. The van der Waals surface area contributed by atoms with Crippen molar-refractivity contribution >= 4 is 17.2 Å². The highest BCUT2D eigenvalue weighted by Gasteiger charge is 2.18. The second kappa shape index (κ2) is 9.43. The molecule has 1 amide bonds. The molecule has 1 aromatic heterocycles. The van der Waals surface area contributed by atoms with Crippen LogP contribution in [-0.4, -0.2) is 37.1 Å². The van der Waals surface area contributed by atoms with Gasteiger partial charge in [0, 0.05) is 24.5 Å². The first kappa shape index (κ1) is 20.7. The van der Waals surface area contributed by atoms with Crippen molar-refractivity contribution in [3.8, 4) is 17.2 Å². The maximum Gasteiger partial charge on any atom is 0.273 e. The van der Waals surface area contributed by atoms with Crippen LogP contribution in [0.2, 0.25) is 0 Å². The van der Waals surface area contributed by atoms with Gasteiger partial charge in [-0.3, -0.25) is 4.79 Å². The summed E-state index contributed by atoms with van der Waals surface area (Å²) in [6, 6.07) is 13.4. The van der Waals surface area contributed by atoms with Gasteiger partial charge in [0.15, 0.2) is 11.5 Å². The van der Waals surface area contributed by atoms with Crippen molar-refractivity contribution in [1.82, 2.24) is 9.88 Å². The summed E-state index contributed by atoms with van der Waals surface area (Å²) in [5, 5.41) is 2.51. The smallest absolute Gasteiger partial charge is 0.273 e. The fourth-order valence-corrected chi connectivity index (χ4v) is 3.54. The zero-order valence-electron chi connectivity index (χ0n) is 17.0. The number of para-hydroxylation sites is 1. The molecule has 0 aliphatic carbocycles. The molecule has 6 nitrogen and oxygen atoms in total. The monoisotopic (exact) mass is 412 g/mol. The Kier molecular flexibility index (Phi) is 6.72. The van der Waals surface area contributed by atoms with E-state index >= 15 is 0 Å². The molecule has 2 aromatic carbocycles. The zero-order valence-corrected chi connectivity index (χ0v) is 17.8. The molecule has 0 bridgehead atoms. The van der Waals surface area contributed by atoms with Gasteiger partial charge >= 0.3 is 0 Å². The van der Waals surface area contributed by atoms with E-state index in [2.05, 4.69) is 4.98 Å². The van der Waals surface area contributed by atoms with Crippen LogP contribution in [-0.2, 0) is 13.2 Å². The summed E-state index contributed by atoms with van der Waals surface area (Å²) in [6.07, 6.45) is 0. The minimum absolute atomic E-state index is 0.160. The Bertz CT molecular complexity index is 969. The Morgan fingerprint density at radius 1 is 1.10 bits per heavy atom. The van der Waals surface area contributed by atoms with Crippen LogP contribution in [0.15, 0.2) is 47.8 Å². The normalized spacial score (nSPS) is 10.5. The molecule has 0 aliphatic heterocycles. The average Bonchev–Trinajstić information content (AvgIpc) is 3.21. The van der Waals surface area contributed by atoms with Crippen LogP contribution >= 0.6 is 11.3 Å². The molecule has 0 aliphatic rings. The molecule has 3 rings (SSSR count). The van der Waals surface area contributed by atoms with Crippen LogP contribution < -0.4 is 14.2 Å². The van der Waals surface area contributed by atoms with E-state index in [9.17, 15) is 4.79 Å². The van der Waals surface area contributed by atoms with E-state index in [0.29, 0.717) is 30.3 Å². The summed E-state index contributed by atoms with van der Waals surface area (Å²) in [6.45, 7) is 2.74. The van der Waals surface area contributed by atoms with E-state index in [0.717, 1.165) is 16.3 Å². The van der Waals surface area contributed by atoms with Crippen molar-refractivity contribution in [2.24, 2.45) is 0 Å². The number of aryl methyl sites for hydroxylation is 1. The number of methoxy groups -OCH3 is 2. The summed E-state index contributed by atoms with van der Waals surface area (Å²) in [4.78, 5) is 18.8. The van der Waals surface area contributed by atoms with Gasteiger partial charge in [0.1, 0.15) is 23.1 Å². The highest BCUT2D eigenvalue weighted by atomic mass is 32.1. The lowest BCUT2D eigenvalue weighted by atomic mass is 10.1. The SMILES string of the molecule is COc1cccc(CN(C)C(=O)c2csc(COc3ccc(C)cc3)n2)c1OC. The lowest BCUT2D eigenvalue weighted by Gasteiger charge is -2.19. The largest absolute Gasteiger partial charge is 0.493 e. The number of thiazole rings is 1. The van der Waals surface area contributed by atoms with Crippen LogP contribution in [0.1, 0.15) is 26.6 Å². The number of nitrogens with zero attached hydrogens (tertiary/aromatic N) is 2. The summed E-state index contributed by atoms with van der Waals surface area (Å²) in [7, 11) is 4.92. The van der Waals surface area contributed by atoms with E-state index < -0.39 is 0 Å². The third-order valence-corrected chi connectivity index (χ3v) is 5.22. The van der Waals surface area contributed by atoms with Gasteiger partial charge in [-0.05, 0) is 25.1 Å². The van der Waals surface area contributed by atoms with Crippen LogP contribution in [0.4, 0.5) is 0 Å². The van der Waals surface area contributed by atoms with Crippen molar-refractivity contribution in [2.45, 2.75) is 20.1 Å². The minimum Gasteiger partial charge on any atom is -0.493 e. The average molecular weight is 413 g/mol. The highest BCUT2D eigenvalue weighted by Crippen LogP contribution is 2.31. The molecule has 0 N–H and O–H groups in total. The predicted molar refractivity (Wildman–Crippen MR) is 113 cm³/mol. The lowest BCUT2D eigenvalue weighted by Crippen LogP contribution is -2.26. The van der Waals surface area contributed by atoms with Crippen LogP contribution in [0.3, 0.4) is 0 Å². The Hall–Kier alpha value is -3.06. The molecule has 29 heavy (non-hydrogen) atoms. The number of hydrogen-bond donors (Lipinski definition) is 0. The molecular formula is C22H24N2O4S. The minimum atomic E-state index is -0.160. The molecule has 3 aromatic rings. The van der Waals surface area contributed by atoms with E-state index in [-0.39, 0.29) is 5.91 Å². The van der Waals surface area contributed by atoms with Crippen LogP contribution in [0, 0.1) is 6.92 Å². The fraction of sp³-hybridized carbons (Fsp3) is 0.273. The van der Waals surface area contributed by atoms with E-state index in [1.54, 1.807) is 31.5 Å². The maximum atomic E-state index is 12.8. The van der Waals surface area contributed by atoms with Gasteiger partial charge in [0.05, 0.1) is 14.2 Å². The summed E-state index contributed by atoms with van der Waals surface area (Å²) >= 11 is 1.41. The number of rotatable bonds is 8. The van der Waals surface area contributed by atoms with Gasteiger partial charge in [-0.25, -0.2) is 4.98 Å². The molecule has 0 radical (unpaired) electrons. The standard InChI is InChI=1S/C22H24N2O4S/c1-15-8-10-17(11-9-15)28-13-20-23-18(14-29-20)22(25)24(2)12-16-6-5-7-19(26-3)21(16)27-4/h5-11,14H,12-13H2,1-4H3. The first-order valence-electron chi connectivity index (χ1n) is 9.11. The molecule has 1 heterocycles.